The average molecular weight is 462 g/mol. The summed E-state index contributed by atoms with van der Waals surface area (Å²) in [6, 6.07) is 7.55. The summed E-state index contributed by atoms with van der Waals surface area (Å²) in [6.07, 6.45) is 0. The van der Waals surface area contributed by atoms with Crippen LogP contribution in [0, 0.1) is 12.8 Å². The van der Waals surface area contributed by atoms with E-state index in [0.29, 0.717) is 48.3 Å². The summed E-state index contributed by atoms with van der Waals surface area (Å²) in [6.45, 7) is 7.84. The zero-order valence-electron chi connectivity index (χ0n) is 18.4. The monoisotopic (exact) mass is 461 g/mol. The van der Waals surface area contributed by atoms with Gasteiger partial charge in [-0.25, -0.2) is 0 Å². The van der Waals surface area contributed by atoms with Gasteiger partial charge in [-0.05, 0) is 37.1 Å². The minimum Gasteiger partial charge on any atom is -0.360 e. The highest BCUT2D eigenvalue weighted by Crippen LogP contribution is 2.13. The van der Waals surface area contributed by atoms with Crippen LogP contribution in [0.5, 0.6) is 0 Å². The standard InChI is InChI=1S/C22H28ClN5O4/c1-14(2)20(25-21(30)16-4-6-17(23)7-5-16)22(31)28-10-8-27(9-11-28)13-19(29)24-18-12-15(3)32-26-18/h4-7,12,14,20H,8-11,13H2,1-3H3,(H,25,30)(H,24,26,29)/t20-/m0/s1. The van der Waals surface area contributed by atoms with E-state index in [9.17, 15) is 14.4 Å². The van der Waals surface area contributed by atoms with Crippen molar-refractivity contribution in [1.82, 2.24) is 20.3 Å². The Morgan fingerprint density at radius 3 is 2.34 bits per heavy atom. The molecule has 0 saturated carbocycles. The predicted octanol–water partition coefficient (Wildman–Crippen LogP) is 2.17. The number of piperazine rings is 1. The molecular formula is C22H28ClN5O4. The van der Waals surface area contributed by atoms with E-state index >= 15 is 0 Å². The number of carbonyl (C=O) groups is 3. The molecule has 172 valence electrons. The molecule has 0 bridgehead atoms. The molecule has 2 aromatic rings. The van der Waals surface area contributed by atoms with Crippen molar-refractivity contribution in [3.05, 3.63) is 46.7 Å². The molecule has 32 heavy (non-hydrogen) atoms. The van der Waals surface area contributed by atoms with Crippen LogP contribution in [0.1, 0.15) is 30.0 Å². The molecule has 0 radical (unpaired) electrons. The van der Waals surface area contributed by atoms with Gasteiger partial charge >= 0.3 is 0 Å². The maximum Gasteiger partial charge on any atom is 0.251 e. The number of anilines is 1. The molecule has 1 aliphatic rings. The summed E-state index contributed by atoms with van der Waals surface area (Å²) in [4.78, 5) is 41.6. The van der Waals surface area contributed by atoms with E-state index in [1.165, 1.54) is 0 Å². The number of carbonyl (C=O) groups excluding carboxylic acids is 3. The van der Waals surface area contributed by atoms with Crippen LogP contribution in [0.4, 0.5) is 5.82 Å². The molecule has 1 aromatic carbocycles. The molecule has 1 atom stereocenters. The smallest absolute Gasteiger partial charge is 0.251 e. The second-order valence-corrected chi connectivity index (χ2v) is 8.61. The van der Waals surface area contributed by atoms with Crippen LogP contribution < -0.4 is 10.6 Å². The van der Waals surface area contributed by atoms with Crippen molar-refractivity contribution < 1.29 is 18.9 Å². The summed E-state index contributed by atoms with van der Waals surface area (Å²) in [7, 11) is 0. The number of rotatable bonds is 7. The number of aromatic nitrogens is 1. The first-order valence-corrected chi connectivity index (χ1v) is 10.9. The maximum atomic E-state index is 13.1. The van der Waals surface area contributed by atoms with Gasteiger partial charge in [0.05, 0.1) is 6.54 Å². The van der Waals surface area contributed by atoms with Gasteiger partial charge < -0.3 is 20.1 Å². The molecule has 1 aromatic heterocycles. The fraction of sp³-hybridized carbons (Fsp3) is 0.455. The lowest BCUT2D eigenvalue weighted by atomic mass is 10.0. The van der Waals surface area contributed by atoms with Gasteiger partial charge in [-0.15, -0.1) is 0 Å². The second kappa shape index (κ2) is 10.6. The highest BCUT2D eigenvalue weighted by Gasteiger charge is 2.31. The van der Waals surface area contributed by atoms with Crippen molar-refractivity contribution in [2.24, 2.45) is 5.92 Å². The third kappa shape index (κ3) is 6.30. The average Bonchev–Trinajstić information content (AvgIpc) is 3.16. The fourth-order valence-corrected chi connectivity index (χ4v) is 3.60. The maximum absolute atomic E-state index is 13.1. The lowest BCUT2D eigenvalue weighted by Crippen LogP contribution is -2.57. The normalized spacial score (nSPS) is 15.5. The Kier molecular flexibility index (Phi) is 7.87. The summed E-state index contributed by atoms with van der Waals surface area (Å²) < 4.78 is 4.94. The van der Waals surface area contributed by atoms with E-state index in [1.54, 1.807) is 42.2 Å². The van der Waals surface area contributed by atoms with Crippen molar-refractivity contribution in [3.63, 3.8) is 0 Å². The molecule has 0 spiro atoms. The van der Waals surface area contributed by atoms with Crippen LogP contribution >= 0.6 is 11.6 Å². The van der Waals surface area contributed by atoms with E-state index in [0.717, 1.165) is 0 Å². The third-order valence-electron chi connectivity index (χ3n) is 5.27. The highest BCUT2D eigenvalue weighted by molar-refractivity contribution is 6.30. The molecular weight excluding hydrogens is 434 g/mol. The molecule has 9 nitrogen and oxygen atoms in total. The lowest BCUT2D eigenvalue weighted by molar-refractivity contribution is -0.136. The number of aryl methyl sites for hydroxylation is 1. The SMILES string of the molecule is Cc1cc(NC(=O)CN2CCN(C(=O)[C@@H](NC(=O)c3ccc(Cl)cc3)C(C)C)CC2)no1. The first kappa shape index (κ1) is 23.7. The van der Waals surface area contributed by atoms with E-state index in [4.69, 9.17) is 16.1 Å². The van der Waals surface area contributed by atoms with Gasteiger partial charge in [0.1, 0.15) is 11.8 Å². The number of halogens is 1. The van der Waals surface area contributed by atoms with Crippen molar-refractivity contribution in [3.8, 4) is 0 Å². The first-order chi connectivity index (χ1) is 15.2. The molecule has 2 N–H and O–H groups in total. The van der Waals surface area contributed by atoms with Crippen molar-refractivity contribution >= 4 is 35.1 Å². The van der Waals surface area contributed by atoms with Crippen LogP contribution in [0.2, 0.25) is 5.02 Å². The molecule has 1 fully saturated rings. The van der Waals surface area contributed by atoms with E-state index in [-0.39, 0.29) is 30.2 Å². The van der Waals surface area contributed by atoms with Crippen LogP contribution in [0.15, 0.2) is 34.9 Å². The number of nitrogens with zero attached hydrogens (tertiary/aromatic N) is 3. The zero-order valence-corrected chi connectivity index (χ0v) is 19.2. The van der Waals surface area contributed by atoms with E-state index in [1.807, 2.05) is 18.7 Å². The van der Waals surface area contributed by atoms with E-state index in [2.05, 4.69) is 15.8 Å². The largest absolute Gasteiger partial charge is 0.360 e. The van der Waals surface area contributed by atoms with Gasteiger partial charge in [-0.1, -0.05) is 30.6 Å². The van der Waals surface area contributed by atoms with Gasteiger partial charge in [0, 0.05) is 42.8 Å². The van der Waals surface area contributed by atoms with Crippen molar-refractivity contribution in [2.75, 3.05) is 38.0 Å². The Balaban J connectivity index is 1.51. The minimum atomic E-state index is -0.636. The predicted molar refractivity (Wildman–Crippen MR) is 120 cm³/mol. The fourth-order valence-electron chi connectivity index (χ4n) is 3.47. The van der Waals surface area contributed by atoms with Gasteiger partial charge in [-0.2, -0.15) is 0 Å². The van der Waals surface area contributed by atoms with Crippen LogP contribution in [-0.4, -0.2) is 71.4 Å². The zero-order chi connectivity index (χ0) is 23.3. The molecule has 10 heteroatoms. The molecule has 0 unspecified atom stereocenters. The topological polar surface area (TPSA) is 108 Å². The van der Waals surface area contributed by atoms with Crippen LogP contribution in [-0.2, 0) is 9.59 Å². The summed E-state index contributed by atoms with van der Waals surface area (Å²) in [5, 5.41) is 9.84. The summed E-state index contributed by atoms with van der Waals surface area (Å²) >= 11 is 5.88. The van der Waals surface area contributed by atoms with Gasteiger partial charge in [-0.3, -0.25) is 19.3 Å². The number of amides is 3. The molecule has 3 amide bonds. The summed E-state index contributed by atoms with van der Waals surface area (Å²) in [5.41, 5.74) is 0.450. The molecule has 1 saturated heterocycles. The van der Waals surface area contributed by atoms with Gasteiger partial charge in [0.25, 0.3) is 5.91 Å². The minimum absolute atomic E-state index is 0.0755. The first-order valence-electron chi connectivity index (χ1n) is 10.5. The molecule has 3 rings (SSSR count). The Bertz CT molecular complexity index is 951. The van der Waals surface area contributed by atoms with Gasteiger partial charge in [0.2, 0.25) is 11.8 Å². The number of benzene rings is 1. The summed E-state index contributed by atoms with van der Waals surface area (Å²) in [5.74, 6) is 0.311. The Morgan fingerprint density at radius 2 is 1.78 bits per heavy atom. The van der Waals surface area contributed by atoms with E-state index < -0.39 is 6.04 Å². The van der Waals surface area contributed by atoms with Crippen LogP contribution in [0.3, 0.4) is 0 Å². The van der Waals surface area contributed by atoms with Gasteiger partial charge in [0.15, 0.2) is 5.82 Å². The highest BCUT2D eigenvalue weighted by atomic mass is 35.5. The molecule has 0 aliphatic carbocycles. The molecule has 2 heterocycles. The number of hydrogen-bond donors (Lipinski definition) is 2. The van der Waals surface area contributed by atoms with Crippen molar-refractivity contribution in [2.45, 2.75) is 26.8 Å². The second-order valence-electron chi connectivity index (χ2n) is 8.17. The number of nitrogens with one attached hydrogen (secondary N) is 2. The third-order valence-corrected chi connectivity index (χ3v) is 5.52. The quantitative estimate of drug-likeness (QED) is 0.654. The lowest BCUT2D eigenvalue weighted by Gasteiger charge is -2.37. The van der Waals surface area contributed by atoms with Crippen molar-refractivity contribution in [1.29, 1.82) is 0 Å². The number of hydrogen-bond acceptors (Lipinski definition) is 6. The molecule has 1 aliphatic heterocycles. The van der Waals surface area contributed by atoms with Crippen LogP contribution in [0.25, 0.3) is 0 Å². The Morgan fingerprint density at radius 1 is 1.12 bits per heavy atom. The Hall–Kier alpha value is -2.91. The Labute approximate surface area is 192 Å².